The van der Waals surface area contributed by atoms with Crippen molar-refractivity contribution < 1.29 is 9.53 Å². The average Bonchev–Trinajstić information content (AvgIpc) is 2.88. The molecule has 0 radical (unpaired) electrons. The maximum absolute atomic E-state index is 12.3. The van der Waals surface area contributed by atoms with Crippen LogP contribution in [0.5, 0.6) is 0 Å². The van der Waals surface area contributed by atoms with Crippen molar-refractivity contribution in [2.24, 2.45) is 11.8 Å². The van der Waals surface area contributed by atoms with E-state index in [1.165, 1.54) is 0 Å². The average molecular weight is 339 g/mol. The molecule has 0 unspecified atom stereocenters. The molecule has 0 aliphatic carbocycles. The Balaban J connectivity index is 1.63. The third-order valence-electron chi connectivity index (χ3n) is 4.39. The monoisotopic (exact) mass is 338 g/mol. The van der Waals surface area contributed by atoms with Gasteiger partial charge in [-0.3, -0.25) is 0 Å². The zero-order chi connectivity index (χ0) is 16.6. The number of amides is 1. The summed E-state index contributed by atoms with van der Waals surface area (Å²) in [6.45, 7) is 9.04. The molecule has 3 rings (SSSR count). The van der Waals surface area contributed by atoms with Gasteiger partial charge in [0.25, 0.3) is 0 Å². The van der Waals surface area contributed by atoms with Gasteiger partial charge in [0.2, 0.25) is 5.28 Å². The summed E-state index contributed by atoms with van der Waals surface area (Å²) in [4.78, 5) is 24.5. The van der Waals surface area contributed by atoms with E-state index < -0.39 is 5.60 Å². The number of fused-ring (bicyclic) bond motifs is 1. The number of piperidine rings is 1. The second kappa shape index (κ2) is 6.15. The van der Waals surface area contributed by atoms with Gasteiger partial charge >= 0.3 is 6.09 Å². The number of likely N-dealkylation sites (tertiary alicyclic amines) is 1. The first-order valence-corrected chi connectivity index (χ1v) is 8.41. The Bertz CT molecular complexity index is 590. The molecule has 2 aliphatic rings. The molecule has 2 aliphatic heterocycles. The van der Waals surface area contributed by atoms with Gasteiger partial charge in [-0.05, 0) is 56.7 Å². The summed E-state index contributed by atoms with van der Waals surface area (Å²) in [5.74, 6) is 1.90. The van der Waals surface area contributed by atoms with Crippen molar-refractivity contribution in [1.82, 2.24) is 14.9 Å². The number of hydrogen-bond donors (Lipinski definition) is 0. The van der Waals surface area contributed by atoms with Crippen LogP contribution in [0.15, 0.2) is 12.3 Å². The quantitative estimate of drug-likeness (QED) is 0.737. The summed E-state index contributed by atoms with van der Waals surface area (Å²) >= 11 is 5.88. The van der Waals surface area contributed by atoms with Crippen LogP contribution >= 0.6 is 11.6 Å². The molecule has 0 saturated carbocycles. The fraction of sp³-hybridized carbons (Fsp3) is 0.688. The third-order valence-corrected chi connectivity index (χ3v) is 4.57. The Hall–Kier alpha value is -1.56. The fourth-order valence-electron chi connectivity index (χ4n) is 3.35. The molecule has 2 atom stereocenters. The lowest BCUT2D eigenvalue weighted by atomic mass is 9.89. The number of nitrogens with zero attached hydrogens (tertiary/aromatic N) is 4. The maximum atomic E-state index is 12.3. The molecule has 0 aromatic carbocycles. The molecule has 6 nitrogen and oxygen atoms in total. The maximum Gasteiger partial charge on any atom is 0.410 e. The van der Waals surface area contributed by atoms with Crippen molar-refractivity contribution in [3.8, 4) is 0 Å². The predicted octanol–water partition coefficient (Wildman–Crippen LogP) is 2.82. The van der Waals surface area contributed by atoms with Gasteiger partial charge in [-0.1, -0.05) is 0 Å². The fourth-order valence-corrected chi connectivity index (χ4v) is 3.49. The van der Waals surface area contributed by atoms with Gasteiger partial charge in [0.15, 0.2) is 0 Å². The van der Waals surface area contributed by atoms with Crippen LogP contribution in [0.4, 0.5) is 10.6 Å². The highest BCUT2D eigenvalue weighted by Gasteiger charge is 2.39. The van der Waals surface area contributed by atoms with Crippen molar-refractivity contribution in [3.05, 3.63) is 17.5 Å². The SMILES string of the molecule is CC(C)(C)OC(=O)N1CC[C@@H]2CN(c3ccnc(Cl)n3)C[C@@H]2C1. The van der Waals surface area contributed by atoms with Crippen LogP contribution < -0.4 is 4.90 Å². The summed E-state index contributed by atoms with van der Waals surface area (Å²) in [6, 6.07) is 1.88. The highest BCUT2D eigenvalue weighted by Crippen LogP contribution is 2.33. The van der Waals surface area contributed by atoms with E-state index in [1.807, 2.05) is 31.7 Å². The Morgan fingerprint density at radius 3 is 2.74 bits per heavy atom. The third kappa shape index (κ3) is 3.86. The molecule has 126 valence electrons. The molecule has 1 amide bonds. The number of anilines is 1. The molecule has 2 fully saturated rings. The van der Waals surface area contributed by atoms with Crippen LogP contribution in [0.3, 0.4) is 0 Å². The van der Waals surface area contributed by atoms with Crippen LogP contribution in [-0.4, -0.2) is 52.7 Å². The second-order valence-corrected chi connectivity index (χ2v) is 7.66. The van der Waals surface area contributed by atoms with E-state index in [0.29, 0.717) is 11.8 Å². The van der Waals surface area contributed by atoms with Gasteiger partial charge in [0.1, 0.15) is 11.4 Å². The van der Waals surface area contributed by atoms with E-state index in [4.69, 9.17) is 16.3 Å². The van der Waals surface area contributed by atoms with Gasteiger partial charge < -0.3 is 14.5 Å². The lowest BCUT2D eigenvalue weighted by Crippen LogP contribution is -2.45. The van der Waals surface area contributed by atoms with E-state index in [-0.39, 0.29) is 11.4 Å². The van der Waals surface area contributed by atoms with Gasteiger partial charge in [0.05, 0.1) is 0 Å². The summed E-state index contributed by atoms with van der Waals surface area (Å²) in [5, 5.41) is 0.271. The van der Waals surface area contributed by atoms with Crippen molar-refractivity contribution in [3.63, 3.8) is 0 Å². The normalized spacial score (nSPS) is 24.5. The van der Waals surface area contributed by atoms with Gasteiger partial charge in [-0.25, -0.2) is 14.8 Å². The number of aromatic nitrogens is 2. The molecule has 1 aromatic heterocycles. The molecule has 23 heavy (non-hydrogen) atoms. The Morgan fingerprint density at radius 2 is 2.04 bits per heavy atom. The number of halogens is 1. The molecule has 1 aromatic rings. The van der Waals surface area contributed by atoms with E-state index in [1.54, 1.807) is 6.20 Å². The second-order valence-electron chi connectivity index (χ2n) is 7.32. The summed E-state index contributed by atoms with van der Waals surface area (Å²) in [5.41, 5.74) is -0.451. The van der Waals surface area contributed by atoms with Crippen molar-refractivity contribution in [2.45, 2.75) is 32.8 Å². The molecule has 0 bridgehead atoms. The Labute approximate surface area is 141 Å². The minimum Gasteiger partial charge on any atom is -0.444 e. The van der Waals surface area contributed by atoms with Crippen LogP contribution in [0.2, 0.25) is 5.28 Å². The number of hydrogen-bond acceptors (Lipinski definition) is 5. The number of carbonyl (C=O) groups is 1. The smallest absolute Gasteiger partial charge is 0.410 e. The largest absolute Gasteiger partial charge is 0.444 e. The standard InChI is InChI=1S/C16H23ClN4O2/c1-16(2,3)23-15(22)20-7-5-11-8-21(10-12(11)9-20)13-4-6-18-14(17)19-13/h4,6,11-12H,5,7-10H2,1-3H3/t11-,12+/m1/s1. The van der Waals surface area contributed by atoms with Crippen LogP contribution in [-0.2, 0) is 4.74 Å². The highest BCUT2D eigenvalue weighted by atomic mass is 35.5. The lowest BCUT2D eigenvalue weighted by Gasteiger charge is -2.35. The van der Waals surface area contributed by atoms with Crippen LogP contribution in [0.25, 0.3) is 0 Å². The predicted molar refractivity (Wildman–Crippen MR) is 88.7 cm³/mol. The van der Waals surface area contributed by atoms with E-state index in [2.05, 4.69) is 14.9 Å². The van der Waals surface area contributed by atoms with Crippen molar-refractivity contribution >= 4 is 23.5 Å². The molecule has 0 spiro atoms. The number of ether oxygens (including phenoxy) is 1. The molecular formula is C16H23ClN4O2. The van der Waals surface area contributed by atoms with Gasteiger partial charge in [0, 0.05) is 32.4 Å². The minimum absolute atomic E-state index is 0.209. The van der Waals surface area contributed by atoms with Crippen LogP contribution in [0.1, 0.15) is 27.2 Å². The number of carbonyl (C=O) groups excluding carboxylic acids is 1. The summed E-state index contributed by atoms with van der Waals surface area (Å²) in [6.07, 6.45) is 2.47. The summed E-state index contributed by atoms with van der Waals surface area (Å²) in [7, 11) is 0. The molecule has 2 saturated heterocycles. The first kappa shape index (κ1) is 16.3. The van der Waals surface area contributed by atoms with Crippen molar-refractivity contribution in [2.75, 3.05) is 31.1 Å². The number of rotatable bonds is 1. The Morgan fingerprint density at radius 1 is 1.30 bits per heavy atom. The molecule has 7 heteroatoms. The van der Waals surface area contributed by atoms with Crippen molar-refractivity contribution in [1.29, 1.82) is 0 Å². The summed E-state index contributed by atoms with van der Waals surface area (Å²) < 4.78 is 5.49. The van der Waals surface area contributed by atoms with Gasteiger partial charge in [-0.2, -0.15) is 0 Å². The zero-order valence-corrected chi connectivity index (χ0v) is 14.6. The Kier molecular flexibility index (Phi) is 4.36. The van der Waals surface area contributed by atoms with Crippen LogP contribution in [0, 0.1) is 11.8 Å². The topological polar surface area (TPSA) is 58.6 Å². The highest BCUT2D eigenvalue weighted by molar-refractivity contribution is 6.28. The first-order chi connectivity index (χ1) is 10.8. The molecule has 0 N–H and O–H groups in total. The van der Waals surface area contributed by atoms with E-state index >= 15 is 0 Å². The lowest BCUT2D eigenvalue weighted by molar-refractivity contribution is 0.0140. The molecule has 3 heterocycles. The van der Waals surface area contributed by atoms with E-state index in [0.717, 1.165) is 38.4 Å². The molecular weight excluding hydrogens is 316 g/mol. The van der Waals surface area contributed by atoms with E-state index in [9.17, 15) is 4.79 Å². The zero-order valence-electron chi connectivity index (χ0n) is 13.8. The minimum atomic E-state index is -0.451. The van der Waals surface area contributed by atoms with Gasteiger partial charge in [-0.15, -0.1) is 0 Å². The first-order valence-electron chi connectivity index (χ1n) is 8.03.